The van der Waals surface area contributed by atoms with Crippen LogP contribution in [0.5, 0.6) is 0 Å². The van der Waals surface area contributed by atoms with Gasteiger partial charge in [-0.15, -0.1) is 0 Å². The van der Waals surface area contributed by atoms with E-state index in [4.69, 9.17) is 0 Å². The van der Waals surface area contributed by atoms with Crippen molar-refractivity contribution in [2.75, 3.05) is 12.0 Å². The number of aromatic amines is 1. The van der Waals surface area contributed by atoms with Gasteiger partial charge in [0.15, 0.2) is 0 Å². The molecule has 0 radical (unpaired) electrons. The number of amides is 1. The Hall–Kier alpha value is -2.55. The highest BCUT2D eigenvalue weighted by atomic mass is 32.2. The number of aromatic nitrogens is 2. The number of benzene rings is 1. The molecule has 2 aromatic rings. The second-order valence-corrected chi connectivity index (χ2v) is 6.46. The fourth-order valence-corrected chi connectivity index (χ4v) is 2.92. The number of nitrogens with one attached hydrogen (secondary N) is 2. The van der Waals surface area contributed by atoms with Crippen molar-refractivity contribution in [1.82, 2.24) is 15.5 Å². The van der Waals surface area contributed by atoms with Crippen molar-refractivity contribution in [2.24, 2.45) is 0 Å². The van der Waals surface area contributed by atoms with E-state index in [0.29, 0.717) is 0 Å². The third kappa shape index (κ3) is 4.01. The van der Waals surface area contributed by atoms with E-state index >= 15 is 0 Å². The Morgan fingerprint density at radius 3 is 2.65 bits per heavy atom. The summed E-state index contributed by atoms with van der Waals surface area (Å²) in [5.41, 5.74) is 0.337. The molecule has 1 heterocycles. The van der Waals surface area contributed by atoms with Crippen molar-refractivity contribution in [3.63, 3.8) is 0 Å². The normalized spacial score (nSPS) is 13.3. The Morgan fingerprint density at radius 1 is 1.43 bits per heavy atom. The molecule has 9 heteroatoms. The van der Waals surface area contributed by atoms with Crippen LogP contribution >= 0.6 is 0 Å². The van der Waals surface area contributed by atoms with E-state index in [1.165, 1.54) is 13.2 Å². The number of rotatable bonds is 6. The number of hydrogen-bond donors (Lipinski definition) is 2. The molecule has 2 atom stereocenters. The van der Waals surface area contributed by atoms with Gasteiger partial charge in [-0.25, -0.2) is 0 Å². The molecule has 2 rings (SSSR count). The van der Waals surface area contributed by atoms with Crippen LogP contribution in [0.1, 0.15) is 27.8 Å². The smallest absolute Gasteiger partial charge is 0.322 e. The van der Waals surface area contributed by atoms with Crippen LogP contribution in [0.4, 0.5) is 5.69 Å². The summed E-state index contributed by atoms with van der Waals surface area (Å²) in [4.78, 5) is 22.8. The van der Waals surface area contributed by atoms with Crippen molar-refractivity contribution in [2.45, 2.75) is 13.0 Å². The molecule has 0 bridgehead atoms. The van der Waals surface area contributed by atoms with Crippen LogP contribution in [0.3, 0.4) is 0 Å². The van der Waals surface area contributed by atoms with Crippen LogP contribution < -0.4 is 5.32 Å². The molecule has 0 aliphatic carbocycles. The molecular formula is C14H16N4O4S. The number of aryl methyl sites for hydroxylation is 1. The molecule has 2 N–H and O–H groups in total. The van der Waals surface area contributed by atoms with Crippen molar-refractivity contribution >= 4 is 22.4 Å². The first-order chi connectivity index (χ1) is 10.9. The maximum atomic E-state index is 12.4. The minimum atomic E-state index is -1.15. The fraction of sp³-hybridized carbons (Fsp3) is 0.286. The second kappa shape index (κ2) is 7.14. The summed E-state index contributed by atoms with van der Waals surface area (Å²) in [5.74, 6) is -0.479. The molecule has 122 valence electrons. The molecule has 0 aliphatic heterocycles. The van der Waals surface area contributed by atoms with E-state index in [1.807, 2.05) is 6.07 Å². The third-order valence-electron chi connectivity index (χ3n) is 3.22. The molecule has 1 amide bonds. The first-order valence-electron chi connectivity index (χ1n) is 6.75. The molecule has 0 unspecified atom stereocenters. The third-order valence-corrected chi connectivity index (χ3v) is 4.02. The van der Waals surface area contributed by atoms with Crippen molar-refractivity contribution in [1.29, 1.82) is 0 Å². The van der Waals surface area contributed by atoms with Gasteiger partial charge >= 0.3 is 5.69 Å². The molecular weight excluding hydrogens is 320 g/mol. The van der Waals surface area contributed by atoms with Gasteiger partial charge in [0.1, 0.15) is 5.69 Å². The second-order valence-electron chi connectivity index (χ2n) is 4.98. The van der Waals surface area contributed by atoms with E-state index in [0.717, 1.165) is 5.56 Å². The predicted octanol–water partition coefficient (Wildman–Crippen LogP) is 1.48. The van der Waals surface area contributed by atoms with Crippen molar-refractivity contribution < 1.29 is 13.9 Å². The van der Waals surface area contributed by atoms with Crippen molar-refractivity contribution in [3.8, 4) is 0 Å². The van der Waals surface area contributed by atoms with Gasteiger partial charge in [-0.2, -0.15) is 5.10 Å². The van der Waals surface area contributed by atoms with Crippen LogP contribution in [-0.2, 0) is 10.8 Å². The van der Waals surface area contributed by atoms with Gasteiger partial charge in [-0.1, -0.05) is 30.3 Å². The zero-order valence-corrected chi connectivity index (χ0v) is 13.4. The maximum absolute atomic E-state index is 12.4. The van der Waals surface area contributed by atoms with Gasteiger partial charge in [-0.3, -0.25) is 24.2 Å². The molecule has 8 nitrogen and oxygen atoms in total. The van der Waals surface area contributed by atoms with Crippen LogP contribution in [-0.4, -0.2) is 37.2 Å². The van der Waals surface area contributed by atoms with Gasteiger partial charge in [-0.05, 0) is 12.5 Å². The highest BCUT2D eigenvalue weighted by Crippen LogP contribution is 2.21. The lowest BCUT2D eigenvalue weighted by Crippen LogP contribution is -2.32. The summed E-state index contributed by atoms with van der Waals surface area (Å²) < 4.78 is 11.6. The van der Waals surface area contributed by atoms with E-state index in [-0.39, 0.29) is 22.8 Å². The fourth-order valence-electron chi connectivity index (χ4n) is 2.17. The Kier molecular flexibility index (Phi) is 5.22. The van der Waals surface area contributed by atoms with Gasteiger partial charge < -0.3 is 5.32 Å². The molecule has 0 aliphatic rings. The Labute approximate surface area is 134 Å². The lowest BCUT2D eigenvalue weighted by molar-refractivity contribution is -0.385. The molecule has 0 saturated heterocycles. The minimum absolute atomic E-state index is 0.201. The van der Waals surface area contributed by atoms with Crippen LogP contribution in [0.2, 0.25) is 0 Å². The lowest BCUT2D eigenvalue weighted by Gasteiger charge is -2.17. The monoisotopic (exact) mass is 336 g/mol. The largest absolute Gasteiger partial charge is 0.343 e. The molecule has 0 fully saturated rings. The summed E-state index contributed by atoms with van der Waals surface area (Å²) in [6, 6.07) is 8.49. The van der Waals surface area contributed by atoms with E-state index < -0.39 is 27.7 Å². The minimum Gasteiger partial charge on any atom is -0.343 e. The Balaban J connectivity index is 2.28. The van der Waals surface area contributed by atoms with Gasteiger partial charge in [0, 0.05) is 22.8 Å². The Morgan fingerprint density at radius 2 is 2.09 bits per heavy atom. The standard InChI is InChI=1S/C14H16N4O4S/c1-9-13(18(20)21)12(17-16-9)14(19)15-11(8-23(2)22)10-6-4-3-5-7-10/h3-7,11H,8H2,1-2H3,(H,15,19)(H,16,17)/t11-,23+/m1/s1. The number of carbonyl (C=O) groups excluding carboxylic acids is 1. The summed E-state index contributed by atoms with van der Waals surface area (Å²) in [6.07, 6.45) is 1.53. The zero-order valence-electron chi connectivity index (χ0n) is 12.6. The molecule has 0 saturated carbocycles. The van der Waals surface area contributed by atoms with Crippen molar-refractivity contribution in [3.05, 3.63) is 57.4 Å². The van der Waals surface area contributed by atoms with E-state index in [1.54, 1.807) is 24.3 Å². The predicted molar refractivity (Wildman–Crippen MR) is 85.6 cm³/mol. The summed E-state index contributed by atoms with van der Waals surface area (Å²) >= 11 is 0. The first-order valence-corrected chi connectivity index (χ1v) is 8.48. The van der Waals surface area contributed by atoms with Gasteiger partial charge in [0.2, 0.25) is 5.69 Å². The summed E-state index contributed by atoms with van der Waals surface area (Å²) in [6.45, 7) is 1.47. The number of nitrogens with zero attached hydrogens (tertiary/aromatic N) is 2. The maximum Gasteiger partial charge on any atom is 0.322 e. The quantitative estimate of drug-likeness (QED) is 0.612. The first kappa shape index (κ1) is 16.8. The van der Waals surface area contributed by atoms with Gasteiger partial charge in [0.05, 0.1) is 11.0 Å². The van der Waals surface area contributed by atoms with Crippen LogP contribution in [0.15, 0.2) is 30.3 Å². The lowest BCUT2D eigenvalue weighted by atomic mass is 10.1. The molecule has 23 heavy (non-hydrogen) atoms. The highest BCUT2D eigenvalue weighted by Gasteiger charge is 2.29. The highest BCUT2D eigenvalue weighted by molar-refractivity contribution is 7.84. The molecule has 1 aromatic carbocycles. The number of carbonyl (C=O) groups is 1. The van der Waals surface area contributed by atoms with Crippen LogP contribution in [0, 0.1) is 17.0 Å². The van der Waals surface area contributed by atoms with E-state index in [9.17, 15) is 19.1 Å². The average molecular weight is 336 g/mol. The number of hydrogen-bond acceptors (Lipinski definition) is 5. The molecule has 0 spiro atoms. The molecule has 1 aromatic heterocycles. The topological polar surface area (TPSA) is 118 Å². The number of H-pyrrole nitrogens is 1. The zero-order chi connectivity index (χ0) is 17.0. The van der Waals surface area contributed by atoms with Gasteiger partial charge in [0.25, 0.3) is 5.91 Å². The average Bonchev–Trinajstić information content (AvgIpc) is 2.89. The summed E-state index contributed by atoms with van der Waals surface area (Å²) in [7, 11) is -1.15. The van der Waals surface area contributed by atoms with Crippen LogP contribution in [0.25, 0.3) is 0 Å². The summed E-state index contributed by atoms with van der Waals surface area (Å²) in [5, 5.41) is 19.9. The SMILES string of the molecule is Cc1[nH]nc(C(=O)N[C@H](C[S@](C)=O)c2ccccc2)c1[N+](=O)[O-]. The Bertz CT molecular complexity index is 744. The number of nitro groups is 1. The van der Waals surface area contributed by atoms with E-state index in [2.05, 4.69) is 15.5 Å².